The molecule has 2 amide bonds. The van der Waals surface area contributed by atoms with Crippen LogP contribution in [0.25, 0.3) is 11.0 Å². The molecule has 1 aromatic heterocycles. The number of benzene rings is 2. The van der Waals surface area contributed by atoms with Crippen molar-refractivity contribution >= 4 is 28.5 Å². The van der Waals surface area contributed by atoms with Crippen molar-refractivity contribution in [3.8, 4) is 11.5 Å². The molecule has 36 heavy (non-hydrogen) atoms. The number of aryl methyl sites for hydroxylation is 1. The normalized spacial score (nSPS) is 17.4. The molecule has 1 unspecified atom stereocenters. The molecule has 5 rings (SSSR count). The van der Waals surface area contributed by atoms with Crippen molar-refractivity contribution in [3.63, 3.8) is 0 Å². The summed E-state index contributed by atoms with van der Waals surface area (Å²) in [5.74, 6) is 0.727. The van der Waals surface area contributed by atoms with Gasteiger partial charge >= 0.3 is 5.63 Å². The Morgan fingerprint density at radius 3 is 2.67 bits per heavy atom. The molecule has 3 aromatic rings. The van der Waals surface area contributed by atoms with Crippen LogP contribution >= 0.6 is 0 Å². The third kappa shape index (κ3) is 4.54. The lowest BCUT2D eigenvalue weighted by Crippen LogP contribution is -2.54. The number of para-hydroxylation sites is 2. The maximum Gasteiger partial charge on any atom is 0.339 e. The van der Waals surface area contributed by atoms with E-state index in [2.05, 4.69) is 0 Å². The van der Waals surface area contributed by atoms with Crippen LogP contribution in [0.4, 0.5) is 5.69 Å². The van der Waals surface area contributed by atoms with Crippen LogP contribution in [0.3, 0.4) is 0 Å². The summed E-state index contributed by atoms with van der Waals surface area (Å²) in [5.41, 5.74) is 1.83. The summed E-state index contributed by atoms with van der Waals surface area (Å²) in [6, 6.07) is 12.5. The van der Waals surface area contributed by atoms with E-state index in [1.165, 1.54) is 0 Å². The highest BCUT2D eigenvalue weighted by Gasteiger charge is 2.36. The van der Waals surface area contributed by atoms with Gasteiger partial charge in [-0.25, -0.2) is 4.79 Å². The van der Waals surface area contributed by atoms with Crippen LogP contribution in [0.15, 0.2) is 51.7 Å². The quantitative estimate of drug-likeness (QED) is 0.505. The van der Waals surface area contributed by atoms with Crippen LogP contribution in [0.1, 0.15) is 17.5 Å². The maximum atomic E-state index is 13.4. The summed E-state index contributed by atoms with van der Waals surface area (Å²) in [4.78, 5) is 42.6. The monoisotopic (exact) mass is 492 g/mol. The van der Waals surface area contributed by atoms with Gasteiger partial charge in [0.1, 0.15) is 17.1 Å². The van der Waals surface area contributed by atoms with E-state index >= 15 is 0 Å². The van der Waals surface area contributed by atoms with Gasteiger partial charge in [-0.3, -0.25) is 9.59 Å². The number of fused-ring (bicyclic) bond motifs is 2. The van der Waals surface area contributed by atoms with E-state index < -0.39 is 11.7 Å². The number of methoxy groups -OCH3 is 1. The molecule has 0 radical (unpaired) electrons. The largest absolute Gasteiger partial charge is 0.497 e. The minimum atomic E-state index is -0.801. The van der Waals surface area contributed by atoms with Crippen LogP contribution in [-0.4, -0.2) is 62.8 Å². The Hall–Kier alpha value is -3.85. The van der Waals surface area contributed by atoms with Crippen molar-refractivity contribution in [3.05, 3.63) is 64.0 Å². The van der Waals surface area contributed by atoms with E-state index in [4.69, 9.17) is 18.6 Å². The number of carbonyl (C=O) groups is 2. The molecule has 0 saturated carbocycles. The Labute approximate surface area is 208 Å². The fraction of sp³-hybridized carbons (Fsp3) is 0.370. The van der Waals surface area contributed by atoms with Crippen LogP contribution in [0.2, 0.25) is 0 Å². The molecular formula is C27H28N2O7. The van der Waals surface area contributed by atoms with Gasteiger partial charge in [-0.1, -0.05) is 12.1 Å². The molecule has 2 aliphatic heterocycles. The van der Waals surface area contributed by atoms with E-state index in [0.717, 1.165) is 10.9 Å². The van der Waals surface area contributed by atoms with Gasteiger partial charge in [-0.05, 0) is 43.2 Å². The standard InChI is InChI=1S/C27H28N2O7/c1-17-19-8-7-18(33-2)15-23(19)36-27(32)20(17)9-10-25(30)29-16-24(26(31)28-11-13-34-14-12-28)35-22-6-4-3-5-21(22)29/h3-8,15,24H,9-14,16H2,1-2H3. The summed E-state index contributed by atoms with van der Waals surface area (Å²) < 4.78 is 22.1. The van der Waals surface area contributed by atoms with Gasteiger partial charge in [0.15, 0.2) is 6.10 Å². The third-order valence-corrected chi connectivity index (χ3v) is 6.76. The van der Waals surface area contributed by atoms with Crippen LogP contribution < -0.4 is 20.0 Å². The molecule has 9 heteroatoms. The Morgan fingerprint density at radius 1 is 1.11 bits per heavy atom. The molecule has 1 saturated heterocycles. The number of nitrogens with zero attached hydrogens (tertiary/aromatic N) is 2. The highest BCUT2D eigenvalue weighted by Crippen LogP contribution is 2.34. The molecule has 1 atom stereocenters. The Morgan fingerprint density at radius 2 is 1.89 bits per heavy atom. The number of amides is 2. The highest BCUT2D eigenvalue weighted by molar-refractivity contribution is 5.97. The van der Waals surface area contributed by atoms with Gasteiger partial charge < -0.3 is 28.4 Å². The molecule has 0 aliphatic carbocycles. The average molecular weight is 493 g/mol. The Bertz CT molecular complexity index is 1360. The number of hydrogen-bond acceptors (Lipinski definition) is 7. The van der Waals surface area contributed by atoms with Crippen molar-refractivity contribution in [1.29, 1.82) is 0 Å². The van der Waals surface area contributed by atoms with E-state index in [9.17, 15) is 14.4 Å². The van der Waals surface area contributed by atoms with E-state index in [-0.39, 0.29) is 31.2 Å². The van der Waals surface area contributed by atoms with Gasteiger partial charge in [0.05, 0.1) is 32.6 Å². The second kappa shape index (κ2) is 10.0. The minimum Gasteiger partial charge on any atom is -0.497 e. The summed E-state index contributed by atoms with van der Waals surface area (Å²) in [5, 5.41) is 0.797. The lowest BCUT2D eigenvalue weighted by molar-refractivity contribution is -0.142. The van der Waals surface area contributed by atoms with E-state index in [1.54, 1.807) is 41.2 Å². The van der Waals surface area contributed by atoms with Crippen molar-refractivity contribution in [2.24, 2.45) is 0 Å². The molecule has 0 spiro atoms. The van der Waals surface area contributed by atoms with Crippen LogP contribution in [0, 0.1) is 6.92 Å². The van der Waals surface area contributed by atoms with Crippen molar-refractivity contribution in [2.45, 2.75) is 25.9 Å². The van der Waals surface area contributed by atoms with E-state index in [1.807, 2.05) is 25.1 Å². The SMILES string of the molecule is COc1ccc2c(C)c(CCC(=O)N3CC(C(=O)N4CCOCC4)Oc4ccccc43)c(=O)oc2c1. The Balaban J connectivity index is 1.36. The zero-order valence-corrected chi connectivity index (χ0v) is 20.3. The van der Waals surface area contributed by atoms with Gasteiger partial charge in [0, 0.05) is 36.5 Å². The van der Waals surface area contributed by atoms with Gasteiger partial charge in [0.25, 0.3) is 5.91 Å². The van der Waals surface area contributed by atoms with E-state index in [0.29, 0.717) is 54.6 Å². The number of morpholine rings is 1. The van der Waals surface area contributed by atoms with Gasteiger partial charge in [0.2, 0.25) is 5.91 Å². The van der Waals surface area contributed by atoms with Crippen LogP contribution in [-0.2, 0) is 20.7 Å². The number of rotatable bonds is 5. The molecule has 188 valence electrons. The lowest BCUT2D eigenvalue weighted by Gasteiger charge is -2.37. The molecule has 0 bridgehead atoms. The minimum absolute atomic E-state index is 0.0834. The molecule has 1 fully saturated rings. The third-order valence-electron chi connectivity index (χ3n) is 6.76. The summed E-state index contributed by atoms with van der Waals surface area (Å²) in [6.07, 6.45) is -0.499. The van der Waals surface area contributed by atoms with Gasteiger partial charge in [-0.2, -0.15) is 0 Å². The number of carbonyl (C=O) groups excluding carboxylic acids is 2. The number of ether oxygens (including phenoxy) is 3. The first-order chi connectivity index (χ1) is 17.5. The fourth-order valence-electron chi connectivity index (χ4n) is 4.74. The fourth-order valence-corrected chi connectivity index (χ4v) is 4.74. The molecule has 9 nitrogen and oxygen atoms in total. The van der Waals surface area contributed by atoms with Crippen molar-refractivity contribution in [1.82, 2.24) is 4.90 Å². The topological polar surface area (TPSA) is 98.5 Å². The molecule has 2 aliphatic rings. The molecular weight excluding hydrogens is 464 g/mol. The number of anilines is 1. The predicted octanol–water partition coefficient (Wildman–Crippen LogP) is 2.70. The number of hydrogen-bond donors (Lipinski definition) is 0. The first-order valence-electron chi connectivity index (χ1n) is 12.0. The smallest absolute Gasteiger partial charge is 0.339 e. The second-order valence-electron chi connectivity index (χ2n) is 8.87. The zero-order chi connectivity index (χ0) is 25.2. The predicted molar refractivity (Wildman–Crippen MR) is 133 cm³/mol. The second-order valence-corrected chi connectivity index (χ2v) is 8.87. The van der Waals surface area contributed by atoms with Crippen molar-refractivity contribution in [2.75, 3.05) is 44.9 Å². The Kier molecular flexibility index (Phi) is 6.65. The summed E-state index contributed by atoms with van der Waals surface area (Å²) in [7, 11) is 1.55. The van der Waals surface area contributed by atoms with Gasteiger partial charge in [-0.15, -0.1) is 0 Å². The molecule has 0 N–H and O–H groups in total. The highest BCUT2D eigenvalue weighted by atomic mass is 16.5. The summed E-state index contributed by atoms with van der Waals surface area (Å²) >= 11 is 0. The summed E-state index contributed by atoms with van der Waals surface area (Å²) in [6.45, 7) is 3.93. The molecule has 3 heterocycles. The first kappa shape index (κ1) is 23.9. The zero-order valence-electron chi connectivity index (χ0n) is 20.3. The maximum absolute atomic E-state index is 13.4. The van der Waals surface area contributed by atoms with Crippen molar-refractivity contribution < 1.29 is 28.2 Å². The molecule has 2 aromatic carbocycles. The average Bonchev–Trinajstić information content (AvgIpc) is 2.91. The first-order valence-corrected chi connectivity index (χ1v) is 12.0. The lowest BCUT2D eigenvalue weighted by atomic mass is 10.0. The van der Waals surface area contributed by atoms with Crippen LogP contribution in [0.5, 0.6) is 11.5 Å².